The standard InChI is InChI=1S/C26H26N4O3S/c1-15-27-14-23(34-15)21-12-9-17(13-22(21)33-2)25(31)28-18-10-7-16(8-11-18)24-19-5-3-4-6-20(19)26(32)30-29-24/h3-6,9,12-14,16,18H,7-8,10-11H2,1-2H3,(H,28,31)(H,30,32)/t16-,18-. The SMILES string of the molecule is COc1cc(C(=O)N[C@H]2CC[C@H](c3n[nH]c(=O)c4ccccc43)CC2)ccc1-c1cnc(C)s1. The number of hydrogen-bond acceptors (Lipinski definition) is 6. The van der Waals surface area contributed by atoms with E-state index in [2.05, 4.69) is 20.5 Å². The van der Waals surface area contributed by atoms with Crippen molar-refractivity contribution in [3.8, 4) is 16.2 Å². The minimum Gasteiger partial charge on any atom is -0.496 e. The summed E-state index contributed by atoms with van der Waals surface area (Å²) < 4.78 is 5.56. The number of hydrogen-bond donors (Lipinski definition) is 2. The van der Waals surface area contributed by atoms with Crippen molar-refractivity contribution in [3.05, 3.63) is 75.3 Å². The number of carbonyl (C=O) groups is 1. The van der Waals surface area contributed by atoms with Gasteiger partial charge < -0.3 is 10.1 Å². The molecule has 1 saturated carbocycles. The van der Waals surface area contributed by atoms with Gasteiger partial charge in [-0.3, -0.25) is 9.59 Å². The van der Waals surface area contributed by atoms with Crippen molar-refractivity contribution < 1.29 is 9.53 Å². The van der Waals surface area contributed by atoms with Crippen LogP contribution >= 0.6 is 11.3 Å². The van der Waals surface area contributed by atoms with Gasteiger partial charge >= 0.3 is 0 Å². The van der Waals surface area contributed by atoms with E-state index >= 15 is 0 Å². The molecule has 174 valence electrons. The molecular formula is C26H26N4O3S. The highest BCUT2D eigenvalue weighted by Crippen LogP contribution is 2.36. The zero-order valence-electron chi connectivity index (χ0n) is 19.1. The number of benzene rings is 2. The highest BCUT2D eigenvalue weighted by molar-refractivity contribution is 7.15. The fourth-order valence-corrected chi connectivity index (χ4v) is 5.56. The van der Waals surface area contributed by atoms with E-state index in [1.54, 1.807) is 24.5 Å². The lowest BCUT2D eigenvalue weighted by Crippen LogP contribution is -2.37. The summed E-state index contributed by atoms with van der Waals surface area (Å²) in [6.45, 7) is 1.97. The van der Waals surface area contributed by atoms with Gasteiger partial charge in [-0.1, -0.05) is 18.2 Å². The molecule has 5 rings (SSSR count). The average molecular weight is 475 g/mol. The van der Waals surface area contributed by atoms with Crippen LogP contribution in [0.3, 0.4) is 0 Å². The first-order valence-electron chi connectivity index (χ1n) is 11.4. The normalized spacial score (nSPS) is 18.1. The van der Waals surface area contributed by atoms with Crippen molar-refractivity contribution in [3.63, 3.8) is 0 Å². The Morgan fingerprint density at radius 2 is 1.88 bits per heavy atom. The summed E-state index contributed by atoms with van der Waals surface area (Å²) in [5.41, 5.74) is 2.30. The van der Waals surface area contributed by atoms with E-state index < -0.39 is 0 Å². The molecular weight excluding hydrogens is 448 g/mol. The summed E-state index contributed by atoms with van der Waals surface area (Å²) in [5, 5.41) is 12.8. The summed E-state index contributed by atoms with van der Waals surface area (Å²) >= 11 is 1.60. The summed E-state index contributed by atoms with van der Waals surface area (Å²) in [7, 11) is 1.62. The van der Waals surface area contributed by atoms with Gasteiger partial charge in [0.2, 0.25) is 0 Å². The fourth-order valence-electron chi connectivity index (χ4n) is 4.75. The van der Waals surface area contributed by atoms with Crippen molar-refractivity contribution >= 4 is 28.0 Å². The third kappa shape index (κ3) is 4.33. The molecule has 1 fully saturated rings. The number of carbonyl (C=O) groups excluding carboxylic acids is 1. The predicted molar refractivity (Wildman–Crippen MR) is 134 cm³/mol. The molecule has 2 aromatic carbocycles. The van der Waals surface area contributed by atoms with Gasteiger partial charge in [-0.15, -0.1) is 11.3 Å². The highest BCUT2D eigenvalue weighted by atomic mass is 32.1. The quantitative estimate of drug-likeness (QED) is 0.432. The van der Waals surface area contributed by atoms with Crippen LogP contribution in [0, 0.1) is 6.92 Å². The van der Waals surface area contributed by atoms with Crippen LogP contribution in [-0.2, 0) is 0 Å². The number of aryl methyl sites for hydroxylation is 1. The van der Waals surface area contributed by atoms with E-state index in [0.717, 1.165) is 52.2 Å². The van der Waals surface area contributed by atoms with E-state index in [1.165, 1.54) is 0 Å². The van der Waals surface area contributed by atoms with Crippen LogP contribution in [0.4, 0.5) is 0 Å². The first-order chi connectivity index (χ1) is 16.5. The number of ether oxygens (including phenoxy) is 1. The molecule has 7 nitrogen and oxygen atoms in total. The summed E-state index contributed by atoms with van der Waals surface area (Å²) in [5.74, 6) is 0.828. The zero-order chi connectivity index (χ0) is 23.7. The van der Waals surface area contributed by atoms with Gasteiger partial charge in [-0.25, -0.2) is 10.1 Å². The van der Waals surface area contributed by atoms with E-state index in [4.69, 9.17) is 4.74 Å². The number of aromatic nitrogens is 3. The molecule has 2 aromatic heterocycles. The monoisotopic (exact) mass is 474 g/mol. The van der Waals surface area contributed by atoms with Gasteiger partial charge in [-0.2, -0.15) is 5.10 Å². The molecule has 2 N–H and O–H groups in total. The van der Waals surface area contributed by atoms with Crippen LogP contribution in [-0.4, -0.2) is 34.2 Å². The number of nitrogens with zero attached hydrogens (tertiary/aromatic N) is 2. The molecule has 1 amide bonds. The van der Waals surface area contributed by atoms with Crippen LogP contribution < -0.4 is 15.6 Å². The lowest BCUT2D eigenvalue weighted by atomic mass is 9.82. The number of fused-ring (bicyclic) bond motifs is 1. The molecule has 0 bridgehead atoms. The molecule has 34 heavy (non-hydrogen) atoms. The fraction of sp³-hybridized carbons (Fsp3) is 0.308. The average Bonchev–Trinajstić information content (AvgIpc) is 3.30. The number of methoxy groups -OCH3 is 1. The number of amides is 1. The third-order valence-corrected chi connectivity index (χ3v) is 7.47. The zero-order valence-corrected chi connectivity index (χ0v) is 19.9. The van der Waals surface area contributed by atoms with Crippen LogP contribution in [0.1, 0.15) is 52.7 Å². The molecule has 1 aliphatic rings. The van der Waals surface area contributed by atoms with E-state index in [0.29, 0.717) is 16.7 Å². The van der Waals surface area contributed by atoms with E-state index in [9.17, 15) is 9.59 Å². The molecule has 0 atom stereocenters. The van der Waals surface area contributed by atoms with Gasteiger partial charge in [-0.05, 0) is 56.9 Å². The van der Waals surface area contributed by atoms with Crippen LogP contribution in [0.5, 0.6) is 5.75 Å². The topological polar surface area (TPSA) is 97.0 Å². The van der Waals surface area contributed by atoms with E-state index in [-0.39, 0.29) is 23.4 Å². The molecule has 0 radical (unpaired) electrons. The maximum absolute atomic E-state index is 13.0. The van der Waals surface area contributed by atoms with E-state index in [1.807, 2.05) is 49.5 Å². The third-order valence-electron chi connectivity index (χ3n) is 6.53. The first-order valence-corrected chi connectivity index (χ1v) is 12.2. The van der Waals surface area contributed by atoms with Crippen molar-refractivity contribution in [1.82, 2.24) is 20.5 Å². The molecule has 1 aliphatic carbocycles. The number of aromatic amines is 1. The second kappa shape index (κ2) is 9.38. The summed E-state index contributed by atoms with van der Waals surface area (Å²) in [6, 6.07) is 13.3. The lowest BCUT2D eigenvalue weighted by Gasteiger charge is -2.29. The predicted octanol–water partition coefficient (Wildman–Crippen LogP) is 4.82. The van der Waals surface area contributed by atoms with Crippen LogP contribution in [0.15, 0.2) is 53.5 Å². The summed E-state index contributed by atoms with van der Waals surface area (Å²) in [4.78, 5) is 30.4. The highest BCUT2D eigenvalue weighted by Gasteiger charge is 2.26. The Balaban J connectivity index is 1.26. The molecule has 4 aromatic rings. The number of H-pyrrole nitrogens is 1. The van der Waals surface area contributed by atoms with Gasteiger partial charge in [0.1, 0.15) is 5.75 Å². The largest absolute Gasteiger partial charge is 0.496 e. The lowest BCUT2D eigenvalue weighted by molar-refractivity contribution is 0.0925. The Hall–Kier alpha value is -3.52. The number of thiazole rings is 1. The Kier molecular flexibility index (Phi) is 6.15. The molecule has 0 saturated heterocycles. The van der Waals surface area contributed by atoms with Crippen molar-refractivity contribution in [2.45, 2.75) is 44.6 Å². The molecule has 2 heterocycles. The van der Waals surface area contributed by atoms with Crippen molar-refractivity contribution in [2.24, 2.45) is 0 Å². The second-order valence-electron chi connectivity index (χ2n) is 8.66. The van der Waals surface area contributed by atoms with Gasteiger partial charge in [0.15, 0.2) is 0 Å². The Labute approximate surface area is 201 Å². The maximum atomic E-state index is 13.0. The molecule has 0 aliphatic heterocycles. The second-order valence-corrected chi connectivity index (χ2v) is 9.90. The van der Waals surface area contributed by atoms with Gasteiger partial charge in [0, 0.05) is 34.7 Å². The Morgan fingerprint density at radius 1 is 1.12 bits per heavy atom. The smallest absolute Gasteiger partial charge is 0.272 e. The molecule has 0 unspecified atom stereocenters. The number of nitrogens with one attached hydrogen (secondary N) is 2. The Bertz CT molecular complexity index is 1400. The molecule has 0 spiro atoms. The first kappa shape index (κ1) is 22.3. The summed E-state index contributed by atoms with van der Waals surface area (Å²) in [6.07, 6.45) is 5.36. The van der Waals surface area contributed by atoms with Crippen molar-refractivity contribution in [1.29, 1.82) is 0 Å². The van der Waals surface area contributed by atoms with Gasteiger partial charge in [0.05, 0.1) is 28.1 Å². The minimum atomic E-state index is -0.160. The number of rotatable bonds is 5. The minimum absolute atomic E-state index is 0.0959. The van der Waals surface area contributed by atoms with Crippen LogP contribution in [0.25, 0.3) is 21.2 Å². The van der Waals surface area contributed by atoms with Crippen molar-refractivity contribution in [2.75, 3.05) is 7.11 Å². The van der Waals surface area contributed by atoms with Crippen LogP contribution in [0.2, 0.25) is 0 Å². The Morgan fingerprint density at radius 3 is 2.59 bits per heavy atom. The maximum Gasteiger partial charge on any atom is 0.272 e. The van der Waals surface area contributed by atoms with Gasteiger partial charge in [0.25, 0.3) is 11.5 Å². The molecule has 8 heteroatoms.